The predicted octanol–water partition coefficient (Wildman–Crippen LogP) is 4.19. The Bertz CT molecular complexity index is 893. The lowest BCUT2D eigenvalue weighted by molar-refractivity contribution is 0.628. The van der Waals surface area contributed by atoms with Crippen molar-refractivity contribution in [1.82, 2.24) is 14.9 Å². The van der Waals surface area contributed by atoms with E-state index >= 15 is 0 Å². The lowest BCUT2D eigenvalue weighted by Crippen LogP contribution is -1.95. The molecule has 0 aliphatic rings. The number of benzene rings is 2. The van der Waals surface area contributed by atoms with Crippen LogP contribution in [0.1, 0.15) is 18.1 Å². The largest absolute Gasteiger partial charge is 0.250 e. The molecule has 4 nitrogen and oxygen atoms in total. The average Bonchev–Trinajstić information content (AvgIpc) is 2.94. The topological polar surface area (TPSA) is 46.0 Å². The zero-order chi connectivity index (χ0) is 16.2. The minimum absolute atomic E-state index is 0.331. The van der Waals surface area contributed by atoms with Crippen molar-refractivity contribution < 1.29 is 4.39 Å². The number of aryl methyl sites for hydroxylation is 1. The molecule has 0 amide bonds. The maximum absolute atomic E-state index is 13.4. The van der Waals surface area contributed by atoms with E-state index in [9.17, 15) is 4.39 Å². The number of nitrogens with one attached hydrogen (secondary N) is 1. The molecule has 116 valence electrons. The van der Waals surface area contributed by atoms with E-state index in [0.717, 1.165) is 12.0 Å². The molecule has 0 radical (unpaired) electrons. The van der Waals surface area contributed by atoms with Crippen LogP contribution < -0.4 is 0 Å². The SMILES string of the molecule is CCc1ccc(/C=N\n2c(-c3cccc(F)c3)n[nH]c2=S)cc1. The summed E-state index contributed by atoms with van der Waals surface area (Å²) in [5.74, 6) is 0.137. The van der Waals surface area contributed by atoms with Gasteiger partial charge in [-0.1, -0.05) is 43.3 Å². The van der Waals surface area contributed by atoms with Gasteiger partial charge in [-0.05, 0) is 41.9 Å². The molecule has 1 heterocycles. The summed E-state index contributed by atoms with van der Waals surface area (Å²) in [6, 6.07) is 14.3. The molecular weight excluding hydrogens is 311 g/mol. The van der Waals surface area contributed by atoms with Gasteiger partial charge in [0, 0.05) is 5.56 Å². The second-order valence-corrected chi connectivity index (χ2v) is 5.40. The first kappa shape index (κ1) is 15.3. The molecule has 0 atom stereocenters. The van der Waals surface area contributed by atoms with Gasteiger partial charge in [0.2, 0.25) is 4.77 Å². The molecule has 1 N–H and O–H groups in total. The van der Waals surface area contributed by atoms with Gasteiger partial charge < -0.3 is 0 Å². The summed E-state index contributed by atoms with van der Waals surface area (Å²) in [6.45, 7) is 2.11. The summed E-state index contributed by atoms with van der Waals surface area (Å²) in [5.41, 5.74) is 2.83. The standard InChI is InChI=1S/C17H15FN4S/c1-2-12-6-8-13(9-7-12)11-19-22-16(20-21-17(22)23)14-4-3-5-15(18)10-14/h3-11H,2H2,1H3,(H,21,23)/b19-11-. The van der Waals surface area contributed by atoms with Gasteiger partial charge in [0.15, 0.2) is 5.82 Å². The number of hydrogen-bond donors (Lipinski definition) is 1. The first-order chi connectivity index (χ1) is 11.2. The maximum Gasteiger partial charge on any atom is 0.216 e. The lowest BCUT2D eigenvalue weighted by atomic mass is 10.1. The van der Waals surface area contributed by atoms with Crippen molar-refractivity contribution in [3.63, 3.8) is 0 Å². The highest BCUT2D eigenvalue weighted by molar-refractivity contribution is 7.71. The lowest BCUT2D eigenvalue weighted by Gasteiger charge is -2.01. The van der Waals surface area contributed by atoms with Gasteiger partial charge in [-0.15, -0.1) is 0 Å². The van der Waals surface area contributed by atoms with Gasteiger partial charge in [-0.25, -0.2) is 9.49 Å². The third-order valence-electron chi connectivity index (χ3n) is 3.44. The molecule has 2 aromatic carbocycles. The molecule has 23 heavy (non-hydrogen) atoms. The second kappa shape index (κ2) is 6.66. The van der Waals surface area contributed by atoms with E-state index in [4.69, 9.17) is 12.2 Å². The van der Waals surface area contributed by atoms with Crippen molar-refractivity contribution in [2.45, 2.75) is 13.3 Å². The predicted molar refractivity (Wildman–Crippen MR) is 91.6 cm³/mol. The highest BCUT2D eigenvalue weighted by Crippen LogP contribution is 2.18. The number of aromatic amines is 1. The summed E-state index contributed by atoms with van der Waals surface area (Å²) in [4.78, 5) is 0. The molecule has 3 aromatic rings. The molecule has 0 bridgehead atoms. The Morgan fingerprint density at radius 2 is 2.04 bits per heavy atom. The number of nitrogens with zero attached hydrogens (tertiary/aromatic N) is 3. The number of aromatic nitrogens is 3. The molecule has 0 fully saturated rings. The van der Waals surface area contributed by atoms with Crippen LogP contribution in [0, 0.1) is 10.6 Å². The zero-order valence-corrected chi connectivity index (χ0v) is 13.3. The first-order valence-corrected chi connectivity index (χ1v) is 7.65. The van der Waals surface area contributed by atoms with Gasteiger partial charge in [0.1, 0.15) is 5.82 Å². The molecule has 1 aromatic heterocycles. The molecule has 0 aliphatic heterocycles. The summed E-state index contributed by atoms with van der Waals surface area (Å²) in [6.07, 6.45) is 2.70. The fraction of sp³-hybridized carbons (Fsp3) is 0.118. The van der Waals surface area contributed by atoms with Crippen LogP contribution in [-0.2, 0) is 6.42 Å². The van der Waals surface area contributed by atoms with Gasteiger partial charge in [-0.3, -0.25) is 0 Å². The van der Waals surface area contributed by atoms with Crippen LogP contribution in [0.3, 0.4) is 0 Å². The van der Waals surface area contributed by atoms with Crippen LogP contribution >= 0.6 is 12.2 Å². The van der Waals surface area contributed by atoms with E-state index in [-0.39, 0.29) is 5.82 Å². The quantitative estimate of drug-likeness (QED) is 0.577. The Morgan fingerprint density at radius 1 is 1.26 bits per heavy atom. The highest BCUT2D eigenvalue weighted by Gasteiger charge is 2.08. The fourth-order valence-corrected chi connectivity index (χ4v) is 2.36. The minimum atomic E-state index is -0.331. The zero-order valence-electron chi connectivity index (χ0n) is 12.5. The number of halogens is 1. The van der Waals surface area contributed by atoms with Crippen molar-refractivity contribution >= 4 is 18.4 Å². The Labute approximate surface area is 138 Å². The first-order valence-electron chi connectivity index (χ1n) is 7.24. The van der Waals surface area contributed by atoms with Crippen molar-refractivity contribution in [2.75, 3.05) is 0 Å². The number of rotatable bonds is 4. The Balaban J connectivity index is 1.95. The van der Waals surface area contributed by atoms with Crippen molar-refractivity contribution in [2.24, 2.45) is 5.10 Å². The second-order valence-electron chi connectivity index (χ2n) is 5.01. The van der Waals surface area contributed by atoms with E-state index in [2.05, 4.69) is 34.4 Å². The van der Waals surface area contributed by atoms with Crippen LogP contribution in [0.4, 0.5) is 4.39 Å². The Kier molecular flexibility index (Phi) is 4.43. The molecule has 0 aliphatic carbocycles. The molecule has 6 heteroatoms. The molecule has 0 saturated carbocycles. The molecule has 0 spiro atoms. The maximum atomic E-state index is 13.4. The summed E-state index contributed by atoms with van der Waals surface area (Å²) < 4.78 is 15.2. The fourth-order valence-electron chi connectivity index (χ4n) is 2.18. The summed E-state index contributed by atoms with van der Waals surface area (Å²) in [7, 11) is 0. The van der Waals surface area contributed by atoms with E-state index in [1.807, 2.05) is 12.1 Å². The highest BCUT2D eigenvalue weighted by atomic mass is 32.1. The van der Waals surface area contributed by atoms with E-state index in [1.54, 1.807) is 18.3 Å². The van der Waals surface area contributed by atoms with Crippen LogP contribution in [0.5, 0.6) is 0 Å². The van der Waals surface area contributed by atoms with Crippen LogP contribution in [0.25, 0.3) is 11.4 Å². The Morgan fingerprint density at radius 3 is 2.74 bits per heavy atom. The van der Waals surface area contributed by atoms with Gasteiger partial charge in [0.25, 0.3) is 0 Å². The number of H-pyrrole nitrogens is 1. The van der Waals surface area contributed by atoms with Crippen LogP contribution in [0.15, 0.2) is 53.6 Å². The minimum Gasteiger partial charge on any atom is -0.250 e. The smallest absolute Gasteiger partial charge is 0.216 e. The van der Waals surface area contributed by atoms with Crippen molar-refractivity contribution in [3.05, 3.63) is 70.2 Å². The number of hydrogen-bond acceptors (Lipinski definition) is 3. The van der Waals surface area contributed by atoms with E-state index in [0.29, 0.717) is 16.2 Å². The Hall–Kier alpha value is -2.60. The third kappa shape index (κ3) is 3.43. The van der Waals surface area contributed by atoms with Gasteiger partial charge in [0.05, 0.1) is 6.21 Å². The molecular formula is C17H15FN4S. The van der Waals surface area contributed by atoms with Gasteiger partial charge in [-0.2, -0.15) is 14.9 Å². The van der Waals surface area contributed by atoms with Crippen LogP contribution in [0.2, 0.25) is 0 Å². The normalized spacial score (nSPS) is 11.2. The summed E-state index contributed by atoms with van der Waals surface area (Å²) in [5, 5.41) is 11.2. The average molecular weight is 326 g/mol. The van der Waals surface area contributed by atoms with Gasteiger partial charge >= 0.3 is 0 Å². The van der Waals surface area contributed by atoms with Crippen molar-refractivity contribution in [3.8, 4) is 11.4 Å². The van der Waals surface area contributed by atoms with E-state index < -0.39 is 0 Å². The van der Waals surface area contributed by atoms with Crippen molar-refractivity contribution in [1.29, 1.82) is 0 Å². The third-order valence-corrected chi connectivity index (χ3v) is 3.71. The monoisotopic (exact) mass is 326 g/mol. The van der Waals surface area contributed by atoms with Crippen LogP contribution in [-0.4, -0.2) is 21.1 Å². The molecule has 0 unspecified atom stereocenters. The molecule has 3 rings (SSSR count). The van der Waals surface area contributed by atoms with E-state index in [1.165, 1.54) is 22.4 Å². The molecule has 0 saturated heterocycles. The summed E-state index contributed by atoms with van der Waals surface area (Å²) >= 11 is 5.20.